The highest BCUT2D eigenvalue weighted by Crippen LogP contribution is 2.33. The molecule has 1 aromatic carbocycles. The van der Waals surface area contributed by atoms with E-state index in [4.69, 9.17) is 16.3 Å². The molecule has 0 aliphatic carbocycles. The van der Waals surface area contributed by atoms with Gasteiger partial charge in [0, 0.05) is 29.2 Å². The minimum atomic E-state index is -2.92. The van der Waals surface area contributed by atoms with Gasteiger partial charge in [0.15, 0.2) is 9.84 Å². The maximum absolute atomic E-state index is 12.5. The number of nitrogens with one attached hydrogen (secondary N) is 1. The van der Waals surface area contributed by atoms with E-state index in [0.717, 1.165) is 5.56 Å². The highest BCUT2D eigenvalue weighted by molar-refractivity contribution is 7.91. The Balaban J connectivity index is 1.58. The number of carbonyl (C=O) groups is 1. The van der Waals surface area contributed by atoms with E-state index in [1.54, 1.807) is 0 Å². The molecule has 2 aliphatic heterocycles. The first-order valence-corrected chi connectivity index (χ1v) is 11.4. The largest absolute Gasteiger partial charge is 0.370 e. The first-order valence-electron chi connectivity index (χ1n) is 9.24. The van der Waals surface area contributed by atoms with Crippen LogP contribution in [-0.2, 0) is 19.4 Å². The van der Waals surface area contributed by atoms with E-state index in [1.807, 2.05) is 38.1 Å². The van der Waals surface area contributed by atoms with Gasteiger partial charge in [0.1, 0.15) is 0 Å². The van der Waals surface area contributed by atoms with Gasteiger partial charge in [0.2, 0.25) is 5.91 Å². The topological polar surface area (TPSA) is 75.7 Å². The summed E-state index contributed by atoms with van der Waals surface area (Å²) in [5, 5.41) is 3.56. The quantitative estimate of drug-likeness (QED) is 0.797. The second-order valence-corrected chi connectivity index (χ2v) is 10.7. The lowest BCUT2D eigenvalue weighted by Crippen LogP contribution is -2.56. The molecule has 2 saturated heterocycles. The Hall–Kier alpha value is -1.15. The van der Waals surface area contributed by atoms with Gasteiger partial charge in [-0.05, 0) is 32.3 Å². The van der Waals surface area contributed by atoms with Gasteiger partial charge in [-0.3, -0.25) is 9.69 Å². The standard InChI is InChI=1S/C19H27ClN2O4S/c1-19(2)13-26-17(15-5-3-4-6-16(15)20)10-22(19)11-18(23)21-9-14-7-8-27(24,25)12-14/h3-6,14,17H,7-13H2,1-2H3,(H,21,23). The molecule has 8 heteroatoms. The summed E-state index contributed by atoms with van der Waals surface area (Å²) in [6.45, 7) is 5.83. The third-order valence-electron chi connectivity index (χ3n) is 5.38. The van der Waals surface area contributed by atoms with Crippen LogP contribution < -0.4 is 5.32 Å². The van der Waals surface area contributed by atoms with Crippen LogP contribution in [0.3, 0.4) is 0 Å². The normalized spacial score (nSPS) is 27.4. The molecule has 2 heterocycles. The molecule has 2 fully saturated rings. The van der Waals surface area contributed by atoms with Crippen molar-refractivity contribution in [1.82, 2.24) is 10.2 Å². The number of halogens is 1. The first-order chi connectivity index (χ1) is 12.7. The van der Waals surface area contributed by atoms with Crippen molar-refractivity contribution in [1.29, 1.82) is 0 Å². The molecule has 150 valence electrons. The number of amides is 1. The van der Waals surface area contributed by atoms with Gasteiger partial charge >= 0.3 is 0 Å². The Morgan fingerprint density at radius 1 is 1.37 bits per heavy atom. The predicted octanol–water partition coefficient (Wildman–Crippen LogP) is 2.04. The molecule has 2 unspecified atom stereocenters. The van der Waals surface area contributed by atoms with Gasteiger partial charge in [0.05, 0.1) is 30.8 Å². The van der Waals surface area contributed by atoms with E-state index in [0.29, 0.717) is 31.1 Å². The summed E-state index contributed by atoms with van der Waals surface area (Å²) in [6.07, 6.45) is 0.444. The highest BCUT2D eigenvalue weighted by atomic mass is 35.5. The SMILES string of the molecule is CC1(C)COC(c2ccccc2Cl)CN1CC(=O)NCC1CCS(=O)(=O)C1. The molecule has 1 aromatic rings. The molecule has 2 atom stereocenters. The van der Waals surface area contributed by atoms with Crippen LogP contribution in [0.4, 0.5) is 0 Å². The predicted molar refractivity (Wildman–Crippen MR) is 106 cm³/mol. The highest BCUT2D eigenvalue weighted by Gasteiger charge is 2.37. The van der Waals surface area contributed by atoms with Gasteiger partial charge in [-0.25, -0.2) is 8.42 Å². The molecule has 1 amide bonds. The van der Waals surface area contributed by atoms with Crippen LogP contribution in [0.5, 0.6) is 0 Å². The van der Waals surface area contributed by atoms with Crippen LogP contribution in [0, 0.1) is 5.92 Å². The minimum absolute atomic E-state index is 0.0209. The lowest BCUT2D eigenvalue weighted by atomic mass is 9.98. The average Bonchev–Trinajstić information content (AvgIpc) is 2.95. The summed E-state index contributed by atoms with van der Waals surface area (Å²) in [5.74, 6) is 0.328. The van der Waals surface area contributed by atoms with Crippen LogP contribution >= 0.6 is 11.6 Å². The van der Waals surface area contributed by atoms with Gasteiger partial charge in [-0.2, -0.15) is 0 Å². The number of morpholine rings is 1. The van der Waals surface area contributed by atoms with Gasteiger partial charge in [-0.15, -0.1) is 0 Å². The molecule has 0 radical (unpaired) electrons. The molecule has 0 bridgehead atoms. The molecule has 2 aliphatic rings. The number of ether oxygens (including phenoxy) is 1. The zero-order valence-electron chi connectivity index (χ0n) is 15.8. The maximum atomic E-state index is 12.5. The molecule has 1 N–H and O–H groups in total. The Kier molecular flexibility index (Phi) is 6.15. The lowest BCUT2D eigenvalue weighted by molar-refractivity contribution is -0.133. The third kappa shape index (κ3) is 5.22. The van der Waals surface area contributed by atoms with E-state index in [-0.39, 0.29) is 41.5 Å². The summed E-state index contributed by atoms with van der Waals surface area (Å²) >= 11 is 6.30. The summed E-state index contributed by atoms with van der Waals surface area (Å²) < 4.78 is 29.1. The molecule has 3 rings (SSSR count). The van der Waals surface area contributed by atoms with Crippen molar-refractivity contribution < 1.29 is 17.9 Å². The first kappa shape index (κ1) is 20.6. The van der Waals surface area contributed by atoms with E-state index >= 15 is 0 Å². The van der Waals surface area contributed by atoms with Crippen molar-refractivity contribution >= 4 is 27.3 Å². The van der Waals surface area contributed by atoms with E-state index < -0.39 is 9.84 Å². The van der Waals surface area contributed by atoms with Crippen molar-refractivity contribution in [3.8, 4) is 0 Å². The van der Waals surface area contributed by atoms with E-state index in [1.165, 1.54) is 0 Å². The van der Waals surface area contributed by atoms with Crippen LogP contribution in [0.25, 0.3) is 0 Å². The van der Waals surface area contributed by atoms with E-state index in [2.05, 4.69) is 10.2 Å². The molecule has 0 spiro atoms. The molecule has 27 heavy (non-hydrogen) atoms. The Morgan fingerprint density at radius 2 is 2.11 bits per heavy atom. The number of carbonyl (C=O) groups excluding carboxylic acids is 1. The van der Waals surface area contributed by atoms with Crippen molar-refractivity contribution in [2.45, 2.75) is 31.9 Å². The van der Waals surface area contributed by atoms with Crippen molar-refractivity contribution in [2.75, 3.05) is 37.7 Å². The van der Waals surface area contributed by atoms with Gasteiger partial charge in [-0.1, -0.05) is 29.8 Å². The summed E-state index contributed by atoms with van der Waals surface area (Å²) in [5.41, 5.74) is 0.655. The molecule has 0 aromatic heterocycles. The number of nitrogens with zero attached hydrogens (tertiary/aromatic N) is 1. The molecule has 6 nitrogen and oxygen atoms in total. The van der Waals surface area contributed by atoms with Crippen molar-refractivity contribution in [3.63, 3.8) is 0 Å². The monoisotopic (exact) mass is 414 g/mol. The van der Waals surface area contributed by atoms with Crippen LogP contribution in [-0.4, -0.2) is 62.5 Å². The summed E-state index contributed by atoms with van der Waals surface area (Å²) in [7, 11) is -2.92. The Bertz CT molecular complexity index is 797. The zero-order chi connectivity index (χ0) is 19.7. The summed E-state index contributed by atoms with van der Waals surface area (Å²) in [6, 6.07) is 7.60. The second-order valence-electron chi connectivity index (χ2n) is 8.09. The minimum Gasteiger partial charge on any atom is -0.370 e. The fraction of sp³-hybridized carbons (Fsp3) is 0.632. The number of hydrogen-bond acceptors (Lipinski definition) is 5. The fourth-order valence-corrected chi connectivity index (χ4v) is 5.74. The number of rotatable bonds is 5. The van der Waals surface area contributed by atoms with Crippen molar-refractivity contribution in [3.05, 3.63) is 34.9 Å². The van der Waals surface area contributed by atoms with Gasteiger partial charge < -0.3 is 10.1 Å². The zero-order valence-corrected chi connectivity index (χ0v) is 17.4. The van der Waals surface area contributed by atoms with E-state index in [9.17, 15) is 13.2 Å². The second kappa shape index (κ2) is 8.07. The van der Waals surface area contributed by atoms with Crippen LogP contribution in [0.15, 0.2) is 24.3 Å². The molecular formula is C19H27ClN2O4S. The molecular weight excluding hydrogens is 388 g/mol. The average molecular weight is 415 g/mol. The smallest absolute Gasteiger partial charge is 0.234 e. The molecule has 0 saturated carbocycles. The Morgan fingerprint density at radius 3 is 2.78 bits per heavy atom. The van der Waals surface area contributed by atoms with Crippen molar-refractivity contribution in [2.24, 2.45) is 5.92 Å². The lowest BCUT2D eigenvalue weighted by Gasteiger charge is -2.45. The maximum Gasteiger partial charge on any atom is 0.234 e. The fourth-order valence-electron chi connectivity index (χ4n) is 3.62. The summed E-state index contributed by atoms with van der Waals surface area (Å²) in [4.78, 5) is 14.6. The van der Waals surface area contributed by atoms with Crippen LogP contribution in [0.2, 0.25) is 5.02 Å². The number of hydrogen-bond donors (Lipinski definition) is 1. The number of sulfone groups is 1. The Labute approximate surface area is 166 Å². The van der Waals surface area contributed by atoms with Gasteiger partial charge in [0.25, 0.3) is 0 Å². The van der Waals surface area contributed by atoms with Crippen LogP contribution in [0.1, 0.15) is 31.9 Å². The number of benzene rings is 1. The third-order valence-corrected chi connectivity index (χ3v) is 7.56.